The Morgan fingerprint density at radius 1 is 1.19 bits per heavy atom. The molecule has 1 aromatic heterocycles. The largest absolute Gasteiger partial charge is 0.474 e. The Bertz CT molecular complexity index is 580. The highest BCUT2D eigenvalue weighted by atomic mass is 16.5. The number of ether oxygens (including phenoxy) is 1. The molecule has 1 N–H and O–H groups in total. The molecule has 1 atom stereocenters. The summed E-state index contributed by atoms with van der Waals surface area (Å²) in [5.41, 5.74) is 1.03. The van der Waals surface area contributed by atoms with E-state index in [1.54, 1.807) is 0 Å². The zero-order valence-electron chi connectivity index (χ0n) is 13.5. The number of nitrogens with zero attached hydrogens (tertiary/aromatic N) is 1. The molecule has 3 nitrogen and oxygen atoms in total. The van der Waals surface area contributed by atoms with E-state index in [1.807, 2.05) is 6.07 Å². The predicted octanol–water partition coefficient (Wildman–Crippen LogP) is 4.30. The zero-order chi connectivity index (χ0) is 15.2. The summed E-state index contributed by atoms with van der Waals surface area (Å²) in [5, 5.41) is 5.69. The summed E-state index contributed by atoms with van der Waals surface area (Å²) in [4.78, 5) is 4.71. The standard InChI is InChI=1S/C18H26N2O/c1-5-8-14(4)21-18-17-10-7-6-9-15(17)11-16(20-18)12-19-13(2)3/h6-7,9-11,13-14,19H,5,8,12H2,1-4H3. The van der Waals surface area contributed by atoms with Crippen molar-refractivity contribution in [2.24, 2.45) is 0 Å². The number of nitrogens with one attached hydrogen (secondary N) is 1. The summed E-state index contributed by atoms with van der Waals surface area (Å²) in [5.74, 6) is 0.759. The maximum Gasteiger partial charge on any atom is 0.221 e. The molecular weight excluding hydrogens is 260 g/mol. The minimum atomic E-state index is 0.194. The maximum absolute atomic E-state index is 6.08. The van der Waals surface area contributed by atoms with E-state index in [0.29, 0.717) is 6.04 Å². The summed E-state index contributed by atoms with van der Waals surface area (Å²) in [6.07, 6.45) is 2.36. The van der Waals surface area contributed by atoms with Crippen LogP contribution in [0.1, 0.15) is 46.2 Å². The maximum atomic E-state index is 6.08. The Balaban J connectivity index is 2.31. The van der Waals surface area contributed by atoms with Gasteiger partial charge in [0.15, 0.2) is 0 Å². The van der Waals surface area contributed by atoms with Crippen LogP contribution in [0.5, 0.6) is 5.88 Å². The molecule has 0 aliphatic carbocycles. The third kappa shape index (κ3) is 4.43. The molecule has 1 heterocycles. The third-order valence-electron chi connectivity index (χ3n) is 3.46. The van der Waals surface area contributed by atoms with Crippen LogP contribution in [0.4, 0.5) is 0 Å². The van der Waals surface area contributed by atoms with Crippen molar-refractivity contribution >= 4 is 10.8 Å². The van der Waals surface area contributed by atoms with Crippen LogP contribution in [0.15, 0.2) is 30.3 Å². The smallest absolute Gasteiger partial charge is 0.221 e. The van der Waals surface area contributed by atoms with Crippen molar-refractivity contribution in [3.05, 3.63) is 36.0 Å². The number of pyridine rings is 1. The lowest BCUT2D eigenvalue weighted by Gasteiger charge is -2.16. The van der Waals surface area contributed by atoms with Gasteiger partial charge >= 0.3 is 0 Å². The van der Waals surface area contributed by atoms with Crippen LogP contribution in [0.3, 0.4) is 0 Å². The molecule has 0 amide bonds. The van der Waals surface area contributed by atoms with Crippen molar-refractivity contribution < 1.29 is 4.74 Å². The second kappa shape index (κ2) is 7.41. The Labute approximate surface area is 127 Å². The lowest BCUT2D eigenvalue weighted by atomic mass is 10.1. The van der Waals surface area contributed by atoms with Crippen LogP contribution in [-0.4, -0.2) is 17.1 Å². The van der Waals surface area contributed by atoms with Gasteiger partial charge in [-0.05, 0) is 30.9 Å². The van der Waals surface area contributed by atoms with E-state index in [2.05, 4.69) is 57.3 Å². The van der Waals surface area contributed by atoms with E-state index in [-0.39, 0.29) is 6.10 Å². The van der Waals surface area contributed by atoms with Crippen LogP contribution in [0.2, 0.25) is 0 Å². The van der Waals surface area contributed by atoms with Gasteiger partial charge in [-0.25, -0.2) is 4.98 Å². The molecule has 0 saturated carbocycles. The first-order valence-electron chi connectivity index (χ1n) is 7.88. The van der Waals surface area contributed by atoms with Gasteiger partial charge in [0.25, 0.3) is 0 Å². The molecule has 1 aromatic carbocycles. The SMILES string of the molecule is CCCC(C)Oc1nc(CNC(C)C)cc2ccccc12. The Morgan fingerprint density at radius 2 is 1.95 bits per heavy atom. The number of rotatable bonds is 7. The molecule has 0 fully saturated rings. The third-order valence-corrected chi connectivity index (χ3v) is 3.46. The van der Waals surface area contributed by atoms with E-state index in [1.165, 1.54) is 5.39 Å². The van der Waals surface area contributed by atoms with Gasteiger partial charge in [0.1, 0.15) is 0 Å². The van der Waals surface area contributed by atoms with Crippen LogP contribution in [-0.2, 0) is 6.54 Å². The van der Waals surface area contributed by atoms with Crippen LogP contribution in [0.25, 0.3) is 10.8 Å². The molecule has 0 bridgehead atoms. The number of aromatic nitrogens is 1. The van der Waals surface area contributed by atoms with Gasteiger partial charge in [-0.3, -0.25) is 0 Å². The first-order valence-corrected chi connectivity index (χ1v) is 7.88. The second-order valence-corrected chi connectivity index (χ2v) is 5.89. The molecule has 2 rings (SSSR count). The minimum Gasteiger partial charge on any atom is -0.474 e. The lowest BCUT2D eigenvalue weighted by molar-refractivity contribution is 0.204. The summed E-state index contributed by atoms with van der Waals surface area (Å²) in [6, 6.07) is 10.9. The van der Waals surface area contributed by atoms with Crippen molar-refractivity contribution in [1.29, 1.82) is 0 Å². The zero-order valence-corrected chi connectivity index (χ0v) is 13.5. The fraction of sp³-hybridized carbons (Fsp3) is 0.500. The Hall–Kier alpha value is -1.61. The fourth-order valence-corrected chi connectivity index (χ4v) is 2.37. The van der Waals surface area contributed by atoms with Gasteiger partial charge in [-0.1, -0.05) is 45.4 Å². The molecule has 0 saturated heterocycles. The summed E-state index contributed by atoms with van der Waals surface area (Å²) >= 11 is 0. The summed E-state index contributed by atoms with van der Waals surface area (Å²) in [7, 11) is 0. The summed E-state index contributed by atoms with van der Waals surface area (Å²) in [6.45, 7) is 9.33. The highest BCUT2D eigenvalue weighted by molar-refractivity contribution is 5.87. The highest BCUT2D eigenvalue weighted by Crippen LogP contribution is 2.26. The van der Waals surface area contributed by atoms with E-state index in [9.17, 15) is 0 Å². The minimum absolute atomic E-state index is 0.194. The molecule has 0 spiro atoms. The number of benzene rings is 1. The first-order chi connectivity index (χ1) is 10.1. The van der Waals surface area contributed by atoms with E-state index >= 15 is 0 Å². The average molecular weight is 286 g/mol. The first kappa shape index (κ1) is 15.8. The molecular formula is C18H26N2O. The summed E-state index contributed by atoms with van der Waals surface area (Å²) < 4.78 is 6.08. The van der Waals surface area contributed by atoms with Crippen molar-refractivity contribution in [2.75, 3.05) is 0 Å². The molecule has 0 aliphatic heterocycles. The van der Waals surface area contributed by atoms with Gasteiger partial charge in [0.05, 0.1) is 11.8 Å². The lowest BCUT2D eigenvalue weighted by Crippen LogP contribution is -2.22. The second-order valence-electron chi connectivity index (χ2n) is 5.89. The van der Waals surface area contributed by atoms with Gasteiger partial charge in [-0.15, -0.1) is 0 Å². The monoisotopic (exact) mass is 286 g/mol. The van der Waals surface area contributed by atoms with Gasteiger partial charge in [0.2, 0.25) is 5.88 Å². The van der Waals surface area contributed by atoms with Crippen molar-refractivity contribution in [3.63, 3.8) is 0 Å². The average Bonchev–Trinajstić information content (AvgIpc) is 2.45. The fourth-order valence-electron chi connectivity index (χ4n) is 2.37. The Kier molecular flexibility index (Phi) is 5.57. The number of hydrogen-bond acceptors (Lipinski definition) is 3. The van der Waals surface area contributed by atoms with Gasteiger partial charge in [0, 0.05) is 18.0 Å². The van der Waals surface area contributed by atoms with Crippen LogP contribution < -0.4 is 10.1 Å². The molecule has 3 heteroatoms. The topological polar surface area (TPSA) is 34.1 Å². The van der Waals surface area contributed by atoms with Crippen molar-refractivity contribution in [2.45, 2.75) is 59.2 Å². The predicted molar refractivity (Wildman–Crippen MR) is 88.7 cm³/mol. The number of fused-ring (bicyclic) bond motifs is 1. The van der Waals surface area contributed by atoms with Crippen molar-refractivity contribution in [1.82, 2.24) is 10.3 Å². The Morgan fingerprint density at radius 3 is 2.67 bits per heavy atom. The number of hydrogen-bond donors (Lipinski definition) is 1. The molecule has 0 aliphatic rings. The molecule has 0 radical (unpaired) electrons. The van der Waals surface area contributed by atoms with Gasteiger partial charge in [-0.2, -0.15) is 0 Å². The normalized spacial score (nSPS) is 12.8. The molecule has 2 aromatic rings. The van der Waals surface area contributed by atoms with Crippen molar-refractivity contribution in [3.8, 4) is 5.88 Å². The molecule has 1 unspecified atom stereocenters. The van der Waals surface area contributed by atoms with E-state index in [0.717, 1.165) is 36.3 Å². The van der Waals surface area contributed by atoms with Crippen LogP contribution >= 0.6 is 0 Å². The highest BCUT2D eigenvalue weighted by Gasteiger charge is 2.10. The molecule has 114 valence electrons. The van der Waals surface area contributed by atoms with E-state index in [4.69, 9.17) is 9.72 Å². The quantitative estimate of drug-likeness (QED) is 0.824. The van der Waals surface area contributed by atoms with Crippen LogP contribution in [0, 0.1) is 0 Å². The molecule has 21 heavy (non-hydrogen) atoms. The van der Waals surface area contributed by atoms with Gasteiger partial charge < -0.3 is 10.1 Å². The van der Waals surface area contributed by atoms with E-state index < -0.39 is 0 Å².